The molecule has 0 bridgehead atoms. The summed E-state index contributed by atoms with van der Waals surface area (Å²) in [6, 6.07) is 0. The Kier molecular flexibility index (Phi) is 3.32. The van der Waals surface area contributed by atoms with E-state index in [1.807, 2.05) is 0 Å². The van der Waals surface area contributed by atoms with Gasteiger partial charge in [0.05, 0.1) is 11.8 Å². The number of imide groups is 1. The third-order valence-electron chi connectivity index (χ3n) is 3.52. The summed E-state index contributed by atoms with van der Waals surface area (Å²) in [5.41, 5.74) is 0. The van der Waals surface area contributed by atoms with Crippen molar-refractivity contribution in [1.82, 2.24) is 4.98 Å². The Balaban J connectivity index is 1.93. The number of carbonyl (C=O) groups is 2. The first-order chi connectivity index (χ1) is 8.59. The van der Waals surface area contributed by atoms with E-state index in [1.54, 1.807) is 11.6 Å². The van der Waals surface area contributed by atoms with Crippen molar-refractivity contribution in [3.05, 3.63) is 11.6 Å². The van der Waals surface area contributed by atoms with Gasteiger partial charge in [0.25, 0.3) is 0 Å². The van der Waals surface area contributed by atoms with Crippen molar-refractivity contribution in [1.29, 1.82) is 0 Å². The molecule has 0 unspecified atom stereocenters. The van der Waals surface area contributed by atoms with Crippen LogP contribution in [0.5, 0.6) is 0 Å². The van der Waals surface area contributed by atoms with Crippen LogP contribution in [0.3, 0.4) is 0 Å². The molecule has 0 radical (unpaired) electrons. The number of halogens is 2. The molecule has 1 aromatic rings. The van der Waals surface area contributed by atoms with E-state index in [4.69, 9.17) is 0 Å². The van der Waals surface area contributed by atoms with Gasteiger partial charge < -0.3 is 0 Å². The number of fused-ring (bicyclic) bond motifs is 1. The van der Waals surface area contributed by atoms with Crippen molar-refractivity contribution in [3.63, 3.8) is 0 Å². The highest BCUT2D eigenvalue weighted by atomic mass is 79.9. The van der Waals surface area contributed by atoms with Gasteiger partial charge in [0.1, 0.15) is 0 Å². The summed E-state index contributed by atoms with van der Waals surface area (Å²) in [7, 11) is 0. The molecule has 2 heterocycles. The molecule has 7 heteroatoms. The Morgan fingerprint density at radius 3 is 2.17 bits per heavy atom. The highest BCUT2D eigenvalue weighted by Gasteiger charge is 2.52. The standard InChI is InChI=1S/C11H10Br2N2O2S/c12-7-3-5-6(4-8(7)13)10(17)15(9(5)16)11-14-1-2-18-11/h1-2,5-8H,3-4H2/t5-,6+,7+,8-. The summed E-state index contributed by atoms with van der Waals surface area (Å²) < 4.78 is 0. The molecule has 0 spiro atoms. The molecule has 2 amide bonds. The third kappa shape index (κ3) is 1.87. The number of amides is 2. The van der Waals surface area contributed by atoms with Gasteiger partial charge >= 0.3 is 0 Å². The second-order valence-corrected chi connectivity index (χ2v) is 7.77. The zero-order valence-corrected chi connectivity index (χ0v) is 13.2. The Morgan fingerprint density at radius 1 is 1.17 bits per heavy atom. The number of aromatic nitrogens is 1. The molecule has 3 rings (SSSR count). The van der Waals surface area contributed by atoms with Crippen LogP contribution in [0, 0.1) is 11.8 Å². The largest absolute Gasteiger partial charge is 0.274 e. The monoisotopic (exact) mass is 392 g/mol. The summed E-state index contributed by atoms with van der Waals surface area (Å²) in [6.45, 7) is 0. The average Bonchev–Trinajstić information content (AvgIpc) is 2.91. The lowest BCUT2D eigenvalue weighted by atomic mass is 9.81. The van der Waals surface area contributed by atoms with Crippen LogP contribution in [0.15, 0.2) is 11.6 Å². The summed E-state index contributed by atoms with van der Waals surface area (Å²) in [4.78, 5) is 30.5. The van der Waals surface area contributed by atoms with Crippen molar-refractivity contribution in [2.24, 2.45) is 11.8 Å². The van der Waals surface area contributed by atoms with E-state index in [0.29, 0.717) is 18.0 Å². The molecule has 96 valence electrons. The summed E-state index contributed by atoms with van der Waals surface area (Å²) in [5, 5.41) is 2.27. The SMILES string of the molecule is O=C1[C@H]2C[C@@H](Br)[C@@H](Br)C[C@H]2C(=O)N1c1nccs1. The maximum absolute atomic E-state index is 12.3. The van der Waals surface area contributed by atoms with Crippen molar-refractivity contribution in [3.8, 4) is 0 Å². The molecule has 2 fully saturated rings. The molecule has 4 nitrogen and oxygen atoms in total. The topological polar surface area (TPSA) is 50.3 Å². The molecule has 2 aliphatic rings. The van der Waals surface area contributed by atoms with Crippen LogP contribution in [0.2, 0.25) is 0 Å². The molecule has 1 aromatic heterocycles. The fraction of sp³-hybridized carbons (Fsp3) is 0.545. The van der Waals surface area contributed by atoms with Gasteiger partial charge in [-0.2, -0.15) is 0 Å². The molecule has 0 aromatic carbocycles. The van der Waals surface area contributed by atoms with Gasteiger partial charge in [-0.05, 0) is 12.8 Å². The second kappa shape index (κ2) is 4.68. The third-order valence-corrected chi connectivity index (χ3v) is 7.01. The van der Waals surface area contributed by atoms with Crippen LogP contribution < -0.4 is 4.90 Å². The normalized spacial score (nSPS) is 36.0. The lowest BCUT2D eigenvalue weighted by molar-refractivity contribution is -0.122. The first-order valence-corrected chi connectivity index (χ1v) is 8.36. The Morgan fingerprint density at radius 2 is 1.72 bits per heavy atom. The predicted octanol–water partition coefficient (Wildman–Crippen LogP) is 2.57. The molecule has 0 N–H and O–H groups in total. The highest BCUT2D eigenvalue weighted by Crippen LogP contribution is 2.44. The van der Waals surface area contributed by atoms with Crippen LogP contribution in [0.4, 0.5) is 5.13 Å². The fourth-order valence-electron chi connectivity index (χ4n) is 2.61. The van der Waals surface area contributed by atoms with E-state index in [1.165, 1.54) is 16.2 Å². The minimum atomic E-state index is -0.195. The molecule has 1 aliphatic heterocycles. The summed E-state index contributed by atoms with van der Waals surface area (Å²) >= 11 is 8.45. The lowest BCUT2D eigenvalue weighted by Gasteiger charge is -2.29. The van der Waals surface area contributed by atoms with E-state index in [-0.39, 0.29) is 33.3 Å². The number of alkyl halides is 2. The van der Waals surface area contributed by atoms with Crippen LogP contribution in [0.1, 0.15) is 12.8 Å². The number of rotatable bonds is 1. The lowest BCUT2D eigenvalue weighted by Crippen LogP contribution is -2.34. The zero-order valence-electron chi connectivity index (χ0n) is 9.25. The molecule has 1 aliphatic carbocycles. The van der Waals surface area contributed by atoms with Gasteiger partial charge in [0, 0.05) is 21.2 Å². The Labute approximate surface area is 125 Å². The molecule has 1 saturated carbocycles. The van der Waals surface area contributed by atoms with E-state index in [9.17, 15) is 9.59 Å². The van der Waals surface area contributed by atoms with Crippen molar-refractivity contribution >= 4 is 60.1 Å². The first kappa shape index (κ1) is 12.7. The first-order valence-electron chi connectivity index (χ1n) is 5.65. The quantitative estimate of drug-likeness (QED) is 0.544. The number of carbonyl (C=O) groups excluding carboxylic acids is 2. The average molecular weight is 394 g/mol. The van der Waals surface area contributed by atoms with Gasteiger partial charge in [-0.1, -0.05) is 31.9 Å². The summed E-state index contributed by atoms with van der Waals surface area (Å²) in [5.74, 6) is -0.577. The summed E-state index contributed by atoms with van der Waals surface area (Å²) in [6.07, 6.45) is 3.02. The molecule has 4 atom stereocenters. The predicted molar refractivity (Wildman–Crippen MR) is 76.3 cm³/mol. The number of thiazole rings is 1. The molecular weight excluding hydrogens is 384 g/mol. The second-order valence-electron chi connectivity index (χ2n) is 4.54. The van der Waals surface area contributed by atoms with Gasteiger partial charge in [-0.15, -0.1) is 11.3 Å². The van der Waals surface area contributed by atoms with E-state index in [2.05, 4.69) is 36.8 Å². The molecule has 1 saturated heterocycles. The van der Waals surface area contributed by atoms with Crippen molar-refractivity contribution in [2.45, 2.75) is 22.5 Å². The minimum absolute atomic E-state index is 0.0937. The highest BCUT2D eigenvalue weighted by molar-refractivity contribution is 9.12. The number of hydrogen-bond acceptors (Lipinski definition) is 4. The van der Waals surface area contributed by atoms with Gasteiger partial charge in [-0.25, -0.2) is 9.88 Å². The Hall–Kier alpha value is -0.270. The number of hydrogen-bond donors (Lipinski definition) is 0. The van der Waals surface area contributed by atoms with E-state index in [0.717, 1.165) is 0 Å². The fourth-order valence-corrected chi connectivity index (χ4v) is 4.50. The van der Waals surface area contributed by atoms with Gasteiger partial charge in [0.15, 0.2) is 5.13 Å². The van der Waals surface area contributed by atoms with Crippen LogP contribution >= 0.6 is 43.2 Å². The van der Waals surface area contributed by atoms with Crippen molar-refractivity contribution in [2.75, 3.05) is 4.90 Å². The molecule has 18 heavy (non-hydrogen) atoms. The minimum Gasteiger partial charge on any atom is -0.274 e. The van der Waals surface area contributed by atoms with E-state index < -0.39 is 0 Å². The number of nitrogens with zero attached hydrogens (tertiary/aromatic N) is 2. The smallest absolute Gasteiger partial charge is 0.239 e. The Bertz CT molecular complexity index is 465. The van der Waals surface area contributed by atoms with Gasteiger partial charge in [-0.3, -0.25) is 9.59 Å². The van der Waals surface area contributed by atoms with Crippen LogP contribution in [0.25, 0.3) is 0 Å². The van der Waals surface area contributed by atoms with Crippen LogP contribution in [-0.4, -0.2) is 26.5 Å². The van der Waals surface area contributed by atoms with Crippen molar-refractivity contribution < 1.29 is 9.59 Å². The van der Waals surface area contributed by atoms with E-state index >= 15 is 0 Å². The van der Waals surface area contributed by atoms with Crippen LogP contribution in [-0.2, 0) is 9.59 Å². The zero-order chi connectivity index (χ0) is 12.9. The maximum Gasteiger partial charge on any atom is 0.239 e. The van der Waals surface area contributed by atoms with Gasteiger partial charge in [0.2, 0.25) is 11.8 Å². The number of anilines is 1. The maximum atomic E-state index is 12.3. The molecular formula is C11H10Br2N2O2S.